The molecular formula is C12H26N2O3. The van der Waals surface area contributed by atoms with Crippen LogP contribution in [0, 0.1) is 5.92 Å². The van der Waals surface area contributed by atoms with Crippen molar-refractivity contribution in [3.63, 3.8) is 0 Å². The number of carbonyl (C=O) groups is 1. The summed E-state index contributed by atoms with van der Waals surface area (Å²) in [7, 11) is 3.24. The lowest BCUT2D eigenvalue weighted by molar-refractivity contribution is -0.135. The summed E-state index contributed by atoms with van der Waals surface area (Å²) in [5.41, 5.74) is 5.94. The summed E-state index contributed by atoms with van der Waals surface area (Å²) < 4.78 is 9.99. The Bertz CT molecular complexity index is 204. The zero-order chi connectivity index (χ0) is 13.3. The number of rotatable bonds is 9. The molecule has 2 atom stereocenters. The van der Waals surface area contributed by atoms with Crippen LogP contribution in [0.5, 0.6) is 0 Å². The molecule has 0 saturated carbocycles. The van der Waals surface area contributed by atoms with Crippen LogP contribution in [0.25, 0.3) is 0 Å². The Balaban J connectivity index is 4.38. The third-order valence-electron chi connectivity index (χ3n) is 2.98. The van der Waals surface area contributed by atoms with E-state index in [9.17, 15) is 4.79 Å². The van der Waals surface area contributed by atoms with E-state index in [1.807, 2.05) is 13.8 Å². The van der Waals surface area contributed by atoms with Crippen LogP contribution in [0.15, 0.2) is 0 Å². The summed E-state index contributed by atoms with van der Waals surface area (Å²) in [5, 5.41) is 0. The van der Waals surface area contributed by atoms with Gasteiger partial charge in [-0.1, -0.05) is 20.3 Å². The third kappa shape index (κ3) is 6.00. The molecule has 102 valence electrons. The van der Waals surface area contributed by atoms with Gasteiger partial charge in [0.2, 0.25) is 5.91 Å². The summed E-state index contributed by atoms with van der Waals surface area (Å²) in [6.45, 7) is 6.18. The Morgan fingerprint density at radius 3 is 2.06 bits per heavy atom. The zero-order valence-corrected chi connectivity index (χ0v) is 11.4. The van der Waals surface area contributed by atoms with Gasteiger partial charge in [0, 0.05) is 27.3 Å². The van der Waals surface area contributed by atoms with Gasteiger partial charge in [0.15, 0.2) is 0 Å². The van der Waals surface area contributed by atoms with Crippen LogP contribution >= 0.6 is 0 Å². The maximum atomic E-state index is 12.1. The first-order valence-electron chi connectivity index (χ1n) is 6.10. The van der Waals surface area contributed by atoms with E-state index < -0.39 is 6.04 Å². The SMILES string of the molecule is CCC(C)C(N)C(=O)N(CCOC)CCOC. The highest BCUT2D eigenvalue weighted by Gasteiger charge is 2.24. The molecule has 0 aromatic carbocycles. The number of amides is 1. The Morgan fingerprint density at radius 1 is 1.24 bits per heavy atom. The minimum Gasteiger partial charge on any atom is -0.383 e. The fraction of sp³-hybridized carbons (Fsp3) is 0.917. The molecule has 0 aromatic rings. The van der Waals surface area contributed by atoms with Crippen LogP contribution in [0.2, 0.25) is 0 Å². The van der Waals surface area contributed by atoms with Crippen LogP contribution in [0.4, 0.5) is 0 Å². The van der Waals surface area contributed by atoms with Crippen molar-refractivity contribution < 1.29 is 14.3 Å². The largest absolute Gasteiger partial charge is 0.383 e. The van der Waals surface area contributed by atoms with E-state index in [-0.39, 0.29) is 11.8 Å². The minimum atomic E-state index is -0.436. The van der Waals surface area contributed by atoms with Crippen LogP contribution in [0.1, 0.15) is 20.3 Å². The first-order chi connectivity index (χ1) is 8.08. The lowest BCUT2D eigenvalue weighted by atomic mass is 9.99. The molecular weight excluding hydrogens is 220 g/mol. The molecule has 17 heavy (non-hydrogen) atoms. The average molecular weight is 246 g/mol. The Labute approximate surface area is 104 Å². The Morgan fingerprint density at radius 2 is 1.71 bits per heavy atom. The molecule has 0 spiro atoms. The smallest absolute Gasteiger partial charge is 0.239 e. The highest BCUT2D eigenvalue weighted by Crippen LogP contribution is 2.08. The van der Waals surface area contributed by atoms with E-state index in [1.54, 1.807) is 19.1 Å². The molecule has 0 radical (unpaired) electrons. The Hall–Kier alpha value is -0.650. The van der Waals surface area contributed by atoms with Gasteiger partial charge in [-0.2, -0.15) is 0 Å². The van der Waals surface area contributed by atoms with E-state index >= 15 is 0 Å². The molecule has 0 rings (SSSR count). The number of nitrogens with zero attached hydrogens (tertiary/aromatic N) is 1. The van der Waals surface area contributed by atoms with Crippen molar-refractivity contribution in [3.05, 3.63) is 0 Å². The number of methoxy groups -OCH3 is 2. The molecule has 0 aliphatic rings. The van der Waals surface area contributed by atoms with Gasteiger partial charge >= 0.3 is 0 Å². The lowest BCUT2D eigenvalue weighted by Crippen LogP contribution is -2.49. The maximum absolute atomic E-state index is 12.1. The standard InChI is InChI=1S/C12H26N2O3/c1-5-10(2)11(13)12(15)14(6-8-16-3)7-9-17-4/h10-11H,5-9,13H2,1-4H3. The van der Waals surface area contributed by atoms with E-state index in [0.29, 0.717) is 26.3 Å². The van der Waals surface area contributed by atoms with Gasteiger partial charge in [-0.25, -0.2) is 0 Å². The number of hydrogen-bond donors (Lipinski definition) is 1. The van der Waals surface area contributed by atoms with Gasteiger partial charge in [-0.05, 0) is 5.92 Å². The van der Waals surface area contributed by atoms with Crippen molar-refractivity contribution in [2.45, 2.75) is 26.3 Å². The second kappa shape index (κ2) is 9.39. The molecule has 5 heteroatoms. The van der Waals surface area contributed by atoms with Gasteiger partial charge in [0.1, 0.15) is 0 Å². The molecule has 0 aliphatic heterocycles. The number of nitrogens with two attached hydrogens (primary N) is 1. The average Bonchev–Trinajstić information content (AvgIpc) is 2.36. The van der Waals surface area contributed by atoms with Gasteiger partial charge in [0.05, 0.1) is 19.3 Å². The van der Waals surface area contributed by atoms with Crippen LogP contribution in [0.3, 0.4) is 0 Å². The fourth-order valence-electron chi connectivity index (χ4n) is 1.44. The predicted molar refractivity (Wildman–Crippen MR) is 67.8 cm³/mol. The molecule has 2 unspecified atom stereocenters. The van der Waals surface area contributed by atoms with Gasteiger partial charge < -0.3 is 20.1 Å². The van der Waals surface area contributed by atoms with Gasteiger partial charge in [-0.3, -0.25) is 4.79 Å². The summed E-state index contributed by atoms with van der Waals surface area (Å²) in [4.78, 5) is 13.9. The monoisotopic (exact) mass is 246 g/mol. The van der Waals surface area contributed by atoms with Gasteiger partial charge in [0.25, 0.3) is 0 Å². The molecule has 0 aliphatic carbocycles. The molecule has 0 aromatic heterocycles. The molecule has 1 amide bonds. The quantitative estimate of drug-likeness (QED) is 0.643. The second-order valence-corrected chi connectivity index (χ2v) is 4.22. The summed E-state index contributed by atoms with van der Waals surface area (Å²) >= 11 is 0. The fourth-order valence-corrected chi connectivity index (χ4v) is 1.44. The normalized spacial score (nSPS) is 14.4. The molecule has 0 saturated heterocycles. The Kier molecular flexibility index (Phi) is 9.03. The number of hydrogen-bond acceptors (Lipinski definition) is 4. The van der Waals surface area contributed by atoms with Crippen molar-refractivity contribution in [2.24, 2.45) is 11.7 Å². The molecule has 0 bridgehead atoms. The first-order valence-corrected chi connectivity index (χ1v) is 6.10. The lowest BCUT2D eigenvalue weighted by Gasteiger charge is -2.27. The third-order valence-corrected chi connectivity index (χ3v) is 2.98. The van der Waals surface area contributed by atoms with Gasteiger partial charge in [-0.15, -0.1) is 0 Å². The predicted octanol–water partition coefficient (Wildman–Crippen LogP) is 0.481. The van der Waals surface area contributed by atoms with Crippen molar-refractivity contribution in [1.29, 1.82) is 0 Å². The maximum Gasteiger partial charge on any atom is 0.239 e. The molecule has 0 fully saturated rings. The number of ether oxygens (including phenoxy) is 2. The van der Waals surface area contributed by atoms with E-state index in [1.165, 1.54) is 0 Å². The molecule has 0 heterocycles. The number of carbonyl (C=O) groups excluding carboxylic acids is 1. The summed E-state index contributed by atoms with van der Waals surface area (Å²) in [5.74, 6) is 0.170. The highest BCUT2D eigenvalue weighted by molar-refractivity contribution is 5.82. The highest BCUT2D eigenvalue weighted by atomic mass is 16.5. The van der Waals surface area contributed by atoms with Crippen molar-refractivity contribution in [3.8, 4) is 0 Å². The summed E-state index contributed by atoms with van der Waals surface area (Å²) in [6, 6.07) is -0.436. The van der Waals surface area contributed by atoms with Crippen LogP contribution < -0.4 is 5.73 Å². The van der Waals surface area contributed by atoms with Crippen LogP contribution in [-0.2, 0) is 14.3 Å². The topological polar surface area (TPSA) is 64.8 Å². The first kappa shape index (κ1) is 16.4. The van der Waals surface area contributed by atoms with E-state index in [2.05, 4.69) is 0 Å². The van der Waals surface area contributed by atoms with Crippen molar-refractivity contribution >= 4 is 5.91 Å². The molecule has 5 nitrogen and oxygen atoms in total. The summed E-state index contributed by atoms with van der Waals surface area (Å²) in [6.07, 6.45) is 0.898. The minimum absolute atomic E-state index is 0.0200. The zero-order valence-electron chi connectivity index (χ0n) is 11.4. The molecule has 2 N–H and O–H groups in total. The van der Waals surface area contributed by atoms with Crippen LogP contribution in [-0.4, -0.2) is 57.4 Å². The van der Waals surface area contributed by atoms with E-state index in [4.69, 9.17) is 15.2 Å². The van der Waals surface area contributed by atoms with E-state index in [0.717, 1.165) is 6.42 Å². The van der Waals surface area contributed by atoms with Crippen molar-refractivity contribution in [2.75, 3.05) is 40.5 Å². The second-order valence-electron chi connectivity index (χ2n) is 4.22. The van der Waals surface area contributed by atoms with Crippen molar-refractivity contribution in [1.82, 2.24) is 4.90 Å².